The van der Waals surface area contributed by atoms with Crippen LogP contribution in [0.2, 0.25) is 0 Å². The highest BCUT2D eigenvalue weighted by Crippen LogP contribution is 2.73. The van der Waals surface area contributed by atoms with Crippen LogP contribution in [-0.2, 0) is 10.5 Å². The molecule has 0 amide bonds. The van der Waals surface area contributed by atoms with Crippen LogP contribution in [-0.4, -0.2) is 11.0 Å². The monoisotopic (exact) mass is 302 g/mol. The van der Waals surface area contributed by atoms with E-state index in [1.807, 2.05) is 11.8 Å². The lowest BCUT2D eigenvalue weighted by molar-refractivity contribution is -0.109. The molecule has 1 nitrogen and oxygen atoms in total. The third kappa shape index (κ3) is 2.10. The lowest BCUT2D eigenvalue weighted by atomic mass is 9.62. The van der Waals surface area contributed by atoms with Crippen molar-refractivity contribution in [1.82, 2.24) is 0 Å². The first-order chi connectivity index (χ1) is 9.95. The second-order valence-corrected chi connectivity index (χ2v) is 8.97. The van der Waals surface area contributed by atoms with Gasteiger partial charge in [-0.05, 0) is 41.6 Å². The summed E-state index contributed by atoms with van der Waals surface area (Å²) < 4.78 is 0.0977. The molecule has 21 heavy (non-hydrogen) atoms. The number of hydrogen-bond donors (Lipinski definition) is 0. The summed E-state index contributed by atoms with van der Waals surface area (Å²) >= 11 is 2.05. The molecule has 0 radical (unpaired) electrons. The molecule has 0 spiro atoms. The third-order valence-corrected chi connectivity index (χ3v) is 8.63. The molecule has 2 bridgehead atoms. The van der Waals surface area contributed by atoms with Crippen LogP contribution in [0.3, 0.4) is 0 Å². The maximum Gasteiger partial charge on any atom is 0.121 e. The van der Waals surface area contributed by atoms with Gasteiger partial charge in [0.25, 0.3) is 0 Å². The van der Waals surface area contributed by atoms with Crippen LogP contribution in [0.15, 0.2) is 30.3 Å². The molecule has 2 aliphatic carbocycles. The van der Waals surface area contributed by atoms with Crippen molar-refractivity contribution in [3.8, 4) is 0 Å². The molecule has 2 saturated carbocycles. The van der Waals surface area contributed by atoms with E-state index in [1.54, 1.807) is 0 Å². The van der Waals surface area contributed by atoms with Crippen LogP contribution in [0, 0.1) is 16.7 Å². The first-order valence-corrected chi connectivity index (χ1v) is 9.05. The Morgan fingerprint density at radius 2 is 1.95 bits per heavy atom. The lowest BCUT2D eigenvalue weighted by Gasteiger charge is -2.53. The fourth-order valence-electron chi connectivity index (χ4n) is 5.16. The van der Waals surface area contributed by atoms with Gasteiger partial charge in [-0.25, -0.2) is 0 Å². The standard InChI is InChI=1S/C19H26OS/c1-17(2)16-9-10-18(3,13-16)19(17,11-12-20)21-14-15-7-5-4-6-8-15/h4-8,12,16H,9-11,13-14H2,1-3H3. The summed E-state index contributed by atoms with van der Waals surface area (Å²) in [5, 5.41) is 0. The van der Waals surface area contributed by atoms with Crippen LogP contribution in [0.25, 0.3) is 0 Å². The second-order valence-electron chi connectivity index (χ2n) is 7.69. The summed E-state index contributed by atoms with van der Waals surface area (Å²) in [6.07, 6.45) is 5.80. The van der Waals surface area contributed by atoms with Gasteiger partial charge in [0, 0.05) is 16.9 Å². The molecule has 1 aromatic rings. The van der Waals surface area contributed by atoms with Crippen LogP contribution in [0.4, 0.5) is 0 Å². The first-order valence-electron chi connectivity index (χ1n) is 8.07. The Kier molecular flexibility index (Phi) is 3.72. The molecule has 0 aliphatic heterocycles. The smallest absolute Gasteiger partial charge is 0.121 e. The van der Waals surface area contributed by atoms with Gasteiger partial charge in [0.2, 0.25) is 0 Å². The van der Waals surface area contributed by atoms with Crippen molar-refractivity contribution in [2.75, 3.05) is 0 Å². The highest BCUT2D eigenvalue weighted by molar-refractivity contribution is 8.00. The van der Waals surface area contributed by atoms with E-state index < -0.39 is 0 Å². The van der Waals surface area contributed by atoms with E-state index >= 15 is 0 Å². The zero-order valence-electron chi connectivity index (χ0n) is 13.4. The van der Waals surface area contributed by atoms with Crippen LogP contribution >= 0.6 is 11.8 Å². The highest BCUT2D eigenvalue weighted by atomic mass is 32.2. The minimum absolute atomic E-state index is 0.0977. The fourth-order valence-corrected chi connectivity index (χ4v) is 7.02. The molecular formula is C19H26OS. The second kappa shape index (κ2) is 5.15. The largest absolute Gasteiger partial charge is 0.303 e. The van der Waals surface area contributed by atoms with E-state index in [1.165, 1.54) is 31.1 Å². The van der Waals surface area contributed by atoms with E-state index in [-0.39, 0.29) is 10.2 Å². The van der Waals surface area contributed by atoms with Gasteiger partial charge < -0.3 is 4.79 Å². The van der Waals surface area contributed by atoms with E-state index in [0.717, 1.165) is 11.7 Å². The normalized spacial score (nSPS) is 36.8. The summed E-state index contributed by atoms with van der Waals surface area (Å²) in [4.78, 5) is 11.5. The predicted octanol–water partition coefficient (Wildman–Crippen LogP) is 5.09. The molecular weight excluding hydrogens is 276 g/mol. The fraction of sp³-hybridized carbons (Fsp3) is 0.632. The van der Waals surface area contributed by atoms with Gasteiger partial charge >= 0.3 is 0 Å². The van der Waals surface area contributed by atoms with Crippen molar-refractivity contribution in [3.05, 3.63) is 35.9 Å². The molecule has 0 aromatic heterocycles. The minimum atomic E-state index is 0.0977. The number of rotatable bonds is 5. The van der Waals surface area contributed by atoms with Crippen molar-refractivity contribution in [2.24, 2.45) is 16.7 Å². The topological polar surface area (TPSA) is 17.1 Å². The summed E-state index contributed by atoms with van der Waals surface area (Å²) in [5.74, 6) is 1.80. The van der Waals surface area contributed by atoms with Crippen LogP contribution in [0.5, 0.6) is 0 Å². The highest BCUT2D eigenvalue weighted by Gasteiger charge is 2.68. The Balaban J connectivity index is 1.91. The Morgan fingerprint density at radius 1 is 1.24 bits per heavy atom. The van der Waals surface area contributed by atoms with Crippen molar-refractivity contribution < 1.29 is 4.79 Å². The van der Waals surface area contributed by atoms with E-state index in [9.17, 15) is 4.79 Å². The van der Waals surface area contributed by atoms with Crippen molar-refractivity contribution >= 4 is 18.0 Å². The number of aldehydes is 1. The predicted molar refractivity (Wildman–Crippen MR) is 90.4 cm³/mol. The van der Waals surface area contributed by atoms with Gasteiger partial charge in [0.05, 0.1) is 0 Å². The molecule has 1 aromatic carbocycles. The van der Waals surface area contributed by atoms with E-state index in [2.05, 4.69) is 51.1 Å². The van der Waals surface area contributed by atoms with Crippen molar-refractivity contribution in [1.29, 1.82) is 0 Å². The van der Waals surface area contributed by atoms with Gasteiger partial charge in [-0.3, -0.25) is 0 Å². The average molecular weight is 302 g/mol. The van der Waals surface area contributed by atoms with E-state index in [0.29, 0.717) is 11.8 Å². The van der Waals surface area contributed by atoms with Crippen molar-refractivity contribution in [2.45, 2.75) is 57.0 Å². The van der Waals surface area contributed by atoms with Gasteiger partial charge in [-0.2, -0.15) is 0 Å². The number of fused-ring (bicyclic) bond motifs is 2. The zero-order valence-corrected chi connectivity index (χ0v) is 14.2. The average Bonchev–Trinajstić information content (AvgIpc) is 2.94. The Morgan fingerprint density at radius 3 is 2.52 bits per heavy atom. The minimum Gasteiger partial charge on any atom is -0.303 e. The zero-order chi connectivity index (χ0) is 15.1. The number of carbonyl (C=O) groups excluding carboxylic acids is 1. The lowest BCUT2D eigenvalue weighted by Crippen LogP contribution is -2.51. The van der Waals surface area contributed by atoms with Crippen molar-refractivity contribution in [3.63, 3.8) is 0 Å². The van der Waals surface area contributed by atoms with Gasteiger partial charge in [0.1, 0.15) is 6.29 Å². The van der Waals surface area contributed by atoms with E-state index in [4.69, 9.17) is 0 Å². The Labute approximate surface area is 132 Å². The number of benzene rings is 1. The quantitative estimate of drug-likeness (QED) is 0.704. The molecule has 3 atom stereocenters. The Hall–Kier alpha value is -0.760. The molecule has 0 heterocycles. The molecule has 3 unspecified atom stereocenters. The molecule has 2 heteroatoms. The molecule has 2 fully saturated rings. The number of hydrogen-bond acceptors (Lipinski definition) is 2. The SMILES string of the molecule is CC12CCC(C1)C(C)(C)C2(CC=O)SCc1ccccc1. The summed E-state index contributed by atoms with van der Waals surface area (Å²) in [6, 6.07) is 10.7. The third-order valence-electron chi connectivity index (χ3n) is 6.48. The molecule has 3 rings (SSSR count). The molecule has 0 saturated heterocycles. The van der Waals surface area contributed by atoms with Gasteiger partial charge in [-0.1, -0.05) is 51.1 Å². The molecule has 0 N–H and O–H groups in total. The van der Waals surface area contributed by atoms with Gasteiger partial charge in [-0.15, -0.1) is 11.8 Å². The maximum absolute atomic E-state index is 11.5. The Bertz CT molecular complexity index is 517. The van der Waals surface area contributed by atoms with Crippen LogP contribution in [0.1, 0.15) is 52.0 Å². The summed E-state index contributed by atoms with van der Waals surface area (Å²) in [7, 11) is 0. The molecule has 2 aliphatic rings. The summed E-state index contributed by atoms with van der Waals surface area (Å²) in [5.41, 5.74) is 1.94. The maximum atomic E-state index is 11.5. The van der Waals surface area contributed by atoms with Gasteiger partial charge in [0.15, 0.2) is 0 Å². The summed E-state index contributed by atoms with van der Waals surface area (Å²) in [6.45, 7) is 7.25. The van der Waals surface area contributed by atoms with Crippen LogP contribution < -0.4 is 0 Å². The molecule has 114 valence electrons. The number of carbonyl (C=O) groups is 1. The first kappa shape index (κ1) is 15.1. The number of thioether (sulfide) groups is 1.